The van der Waals surface area contributed by atoms with Gasteiger partial charge in [-0.15, -0.1) is 0 Å². The van der Waals surface area contributed by atoms with E-state index in [-0.39, 0.29) is 5.41 Å². The standard InChI is InChI=1S/C28H27NO2/c1-17-12-20(26-14-19-8-6-7-9-24(19)31-26)13-18(2)27(17)29-23-16-30-25-11-10-21(15-22(23)25)28(3,4)5/h6-16,29H,1-5H3. The van der Waals surface area contributed by atoms with Crippen LogP contribution < -0.4 is 5.32 Å². The Morgan fingerprint density at radius 1 is 0.806 bits per heavy atom. The average Bonchev–Trinajstić information content (AvgIpc) is 3.33. The fourth-order valence-electron chi connectivity index (χ4n) is 4.15. The molecular weight excluding hydrogens is 382 g/mol. The van der Waals surface area contributed by atoms with Crippen LogP contribution in [0.2, 0.25) is 0 Å². The zero-order valence-electron chi connectivity index (χ0n) is 18.7. The van der Waals surface area contributed by atoms with Crippen LogP contribution in [-0.4, -0.2) is 0 Å². The Kier molecular flexibility index (Phi) is 4.44. The molecule has 0 aliphatic rings. The van der Waals surface area contributed by atoms with E-state index < -0.39 is 0 Å². The number of aryl methyl sites for hydroxylation is 2. The molecule has 0 aliphatic heterocycles. The van der Waals surface area contributed by atoms with E-state index in [1.807, 2.05) is 24.5 Å². The highest BCUT2D eigenvalue weighted by molar-refractivity contribution is 5.94. The summed E-state index contributed by atoms with van der Waals surface area (Å²) in [4.78, 5) is 0. The second-order valence-corrected chi connectivity index (χ2v) is 9.37. The fourth-order valence-corrected chi connectivity index (χ4v) is 4.15. The molecule has 31 heavy (non-hydrogen) atoms. The first kappa shape index (κ1) is 19.5. The van der Waals surface area contributed by atoms with Crippen LogP contribution in [0.4, 0.5) is 11.4 Å². The second kappa shape index (κ2) is 7.05. The summed E-state index contributed by atoms with van der Waals surface area (Å²) in [5, 5.41) is 5.85. The van der Waals surface area contributed by atoms with Gasteiger partial charge in [0.2, 0.25) is 0 Å². The summed E-state index contributed by atoms with van der Waals surface area (Å²) in [6.07, 6.45) is 1.81. The first-order valence-electron chi connectivity index (χ1n) is 10.7. The molecule has 1 N–H and O–H groups in total. The number of fused-ring (bicyclic) bond motifs is 2. The number of furan rings is 2. The summed E-state index contributed by atoms with van der Waals surface area (Å²) in [6.45, 7) is 10.9. The molecule has 0 fully saturated rings. The highest BCUT2D eigenvalue weighted by Crippen LogP contribution is 2.37. The van der Waals surface area contributed by atoms with E-state index in [9.17, 15) is 0 Å². The highest BCUT2D eigenvalue weighted by atomic mass is 16.3. The van der Waals surface area contributed by atoms with Crippen LogP contribution >= 0.6 is 0 Å². The van der Waals surface area contributed by atoms with Gasteiger partial charge in [0.25, 0.3) is 0 Å². The van der Waals surface area contributed by atoms with Crippen LogP contribution in [0.3, 0.4) is 0 Å². The lowest BCUT2D eigenvalue weighted by Crippen LogP contribution is -2.10. The van der Waals surface area contributed by atoms with Crippen molar-refractivity contribution in [1.82, 2.24) is 0 Å². The van der Waals surface area contributed by atoms with Crippen LogP contribution in [0.15, 0.2) is 75.8 Å². The zero-order chi connectivity index (χ0) is 21.8. The number of hydrogen-bond donors (Lipinski definition) is 1. The summed E-state index contributed by atoms with van der Waals surface area (Å²) in [5.41, 5.74) is 8.69. The lowest BCUT2D eigenvalue weighted by atomic mass is 9.86. The number of nitrogens with one attached hydrogen (secondary N) is 1. The zero-order valence-corrected chi connectivity index (χ0v) is 18.7. The highest BCUT2D eigenvalue weighted by Gasteiger charge is 2.17. The summed E-state index contributed by atoms with van der Waals surface area (Å²) in [7, 11) is 0. The third-order valence-electron chi connectivity index (χ3n) is 5.94. The molecule has 0 aliphatic carbocycles. The average molecular weight is 410 g/mol. The second-order valence-electron chi connectivity index (χ2n) is 9.37. The van der Waals surface area contributed by atoms with Crippen molar-refractivity contribution in [2.24, 2.45) is 0 Å². The van der Waals surface area contributed by atoms with E-state index in [1.165, 1.54) is 5.56 Å². The molecule has 0 amide bonds. The van der Waals surface area contributed by atoms with Crippen LogP contribution in [0.25, 0.3) is 33.3 Å². The van der Waals surface area contributed by atoms with E-state index in [4.69, 9.17) is 8.83 Å². The normalized spacial score (nSPS) is 12.0. The van der Waals surface area contributed by atoms with Gasteiger partial charge in [-0.05, 0) is 72.4 Å². The molecule has 0 radical (unpaired) electrons. The molecule has 0 unspecified atom stereocenters. The molecule has 3 nitrogen and oxygen atoms in total. The van der Waals surface area contributed by atoms with Crippen LogP contribution in [-0.2, 0) is 5.41 Å². The number of rotatable bonds is 3. The fraction of sp³-hybridized carbons (Fsp3) is 0.214. The van der Waals surface area contributed by atoms with Crippen molar-refractivity contribution in [3.63, 3.8) is 0 Å². The smallest absolute Gasteiger partial charge is 0.136 e. The van der Waals surface area contributed by atoms with Crippen molar-refractivity contribution >= 4 is 33.3 Å². The van der Waals surface area contributed by atoms with Crippen molar-refractivity contribution in [3.8, 4) is 11.3 Å². The maximum absolute atomic E-state index is 6.08. The van der Waals surface area contributed by atoms with Gasteiger partial charge in [0, 0.05) is 22.0 Å². The minimum absolute atomic E-state index is 0.0861. The van der Waals surface area contributed by atoms with Gasteiger partial charge >= 0.3 is 0 Å². The molecule has 156 valence electrons. The predicted molar refractivity (Wildman–Crippen MR) is 129 cm³/mol. The first-order valence-corrected chi connectivity index (χ1v) is 10.7. The quantitative estimate of drug-likeness (QED) is 0.324. The largest absolute Gasteiger partial charge is 0.462 e. The number of anilines is 2. The molecule has 0 bridgehead atoms. The van der Waals surface area contributed by atoms with Gasteiger partial charge in [-0.2, -0.15) is 0 Å². The van der Waals surface area contributed by atoms with E-state index in [2.05, 4.69) is 82.4 Å². The topological polar surface area (TPSA) is 38.3 Å². The first-order chi connectivity index (χ1) is 14.8. The van der Waals surface area contributed by atoms with Crippen LogP contribution in [0.5, 0.6) is 0 Å². The Bertz CT molecular complexity index is 1360. The molecule has 5 rings (SSSR count). The Balaban J connectivity index is 1.53. The Morgan fingerprint density at radius 3 is 2.26 bits per heavy atom. The van der Waals surface area contributed by atoms with Crippen LogP contribution in [0.1, 0.15) is 37.5 Å². The molecule has 3 heteroatoms. The minimum Gasteiger partial charge on any atom is -0.462 e. The Hall–Kier alpha value is -3.46. The number of benzene rings is 3. The van der Waals surface area contributed by atoms with Crippen molar-refractivity contribution in [1.29, 1.82) is 0 Å². The molecule has 5 aromatic rings. The van der Waals surface area contributed by atoms with Gasteiger partial charge in [-0.3, -0.25) is 0 Å². The molecular formula is C28H27NO2. The van der Waals surface area contributed by atoms with Gasteiger partial charge in [0.15, 0.2) is 0 Å². The summed E-state index contributed by atoms with van der Waals surface area (Å²) in [5.74, 6) is 0.891. The predicted octanol–water partition coefficient (Wildman–Crippen LogP) is 8.50. The molecule has 3 aromatic carbocycles. The maximum atomic E-state index is 6.08. The Labute approximate surface area is 182 Å². The molecule has 0 saturated heterocycles. The van der Waals surface area contributed by atoms with Crippen molar-refractivity contribution in [2.45, 2.75) is 40.0 Å². The lowest BCUT2D eigenvalue weighted by molar-refractivity contribution is 0.589. The number of para-hydroxylation sites is 1. The third-order valence-corrected chi connectivity index (χ3v) is 5.94. The minimum atomic E-state index is 0.0861. The number of hydrogen-bond acceptors (Lipinski definition) is 3. The SMILES string of the molecule is Cc1cc(-c2cc3ccccc3o2)cc(C)c1Nc1coc2ccc(C(C)(C)C)cc12. The maximum Gasteiger partial charge on any atom is 0.136 e. The van der Waals surface area contributed by atoms with E-state index in [1.54, 1.807) is 0 Å². The third kappa shape index (κ3) is 3.50. The van der Waals surface area contributed by atoms with Crippen molar-refractivity contribution < 1.29 is 8.83 Å². The van der Waals surface area contributed by atoms with Gasteiger partial charge < -0.3 is 14.2 Å². The van der Waals surface area contributed by atoms with E-state index in [0.29, 0.717) is 0 Å². The van der Waals surface area contributed by atoms with Crippen molar-refractivity contribution in [2.75, 3.05) is 5.32 Å². The van der Waals surface area contributed by atoms with Gasteiger partial charge in [-0.1, -0.05) is 45.0 Å². The molecule has 0 saturated carbocycles. The van der Waals surface area contributed by atoms with E-state index in [0.717, 1.165) is 55.8 Å². The summed E-state index contributed by atoms with van der Waals surface area (Å²) < 4.78 is 11.9. The summed E-state index contributed by atoms with van der Waals surface area (Å²) in [6, 6.07) is 21.0. The van der Waals surface area contributed by atoms with Gasteiger partial charge in [-0.25, -0.2) is 0 Å². The van der Waals surface area contributed by atoms with Crippen molar-refractivity contribution in [3.05, 3.63) is 83.6 Å². The molecule has 2 heterocycles. The van der Waals surface area contributed by atoms with E-state index >= 15 is 0 Å². The monoisotopic (exact) mass is 409 g/mol. The lowest BCUT2D eigenvalue weighted by Gasteiger charge is -2.19. The molecule has 0 spiro atoms. The van der Waals surface area contributed by atoms with Gasteiger partial charge in [0.05, 0.1) is 5.69 Å². The molecule has 2 aromatic heterocycles. The van der Waals surface area contributed by atoms with Gasteiger partial charge in [0.1, 0.15) is 23.2 Å². The van der Waals surface area contributed by atoms with Crippen LogP contribution in [0, 0.1) is 13.8 Å². The Morgan fingerprint density at radius 2 is 1.55 bits per heavy atom. The summed E-state index contributed by atoms with van der Waals surface area (Å²) >= 11 is 0. The molecule has 0 atom stereocenters.